The molecule has 0 aliphatic carbocycles. The summed E-state index contributed by atoms with van der Waals surface area (Å²) < 4.78 is 5.57. The van der Waals surface area contributed by atoms with Gasteiger partial charge in [0.15, 0.2) is 34.7 Å². The van der Waals surface area contributed by atoms with Crippen LogP contribution in [0.4, 0.5) is 0 Å². The predicted molar refractivity (Wildman–Crippen MR) is 419 cm³/mol. The molecule has 43 nitrogen and oxygen atoms in total. The fourth-order valence-corrected chi connectivity index (χ4v) is 13.5. The minimum absolute atomic E-state index is 0.109. The van der Waals surface area contributed by atoms with Crippen molar-refractivity contribution in [3.8, 4) is 0 Å². The summed E-state index contributed by atoms with van der Waals surface area (Å²) in [5.41, 5.74) is 5.81. The predicted octanol–water partition coefficient (Wildman–Crippen LogP) is -0.236. The van der Waals surface area contributed by atoms with Gasteiger partial charge in [0, 0.05) is 165 Å². The van der Waals surface area contributed by atoms with Crippen LogP contribution in [-0.2, 0) is 120 Å². The third-order valence-corrected chi connectivity index (χ3v) is 20.3. The van der Waals surface area contributed by atoms with Crippen molar-refractivity contribution in [2.24, 2.45) is 41.2 Å². The summed E-state index contributed by atoms with van der Waals surface area (Å²) in [7, 11) is 1.43. The number of amides is 8. The molecule has 13 atom stereocenters. The molecule has 44 heteroatoms. The first kappa shape index (κ1) is 108. The summed E-state index contributed by atoms with van der Waals surface area (Å²) in [6.45, 7) is 4.35. The molecule has 18 N–H and O–H groups in total. The molecule has 0 bridgehead atoms. The molecule has 1 heterocycles. The molecule has 121 heavy (non-hydrogen) atoms. The smallest absolute Gasteiger partial charge is 0.303 e. The second kappa shape index (κ2) is 57.2. The Hall–Kier alpha value is -11.0. The van der Waals surface area contributed by atoms with Crippen LogP contribution in [0.5, 0.6) is 0 Å². The third-order valence-electron chi connectivity index (χ3n) is 19.7. The molecule has 1 unspecified atom stereocenters. The van der Waals surface area contributed by atoms with E-state index >= 15 is 0 Å². The van der Waals surface area contributed by atoms with Crippen molar-refractivity contribution in [2.75, 3.05) is 38.8 Å². The first-order chi connectivity index (χ1) is 56.7. The molecule has 0 spiro atoms. The number of nitrogens with zero attached hydrogens (tertiary/aromatic N) is 1. The highest BCUT2D eigenvalue weighted by Crippen LogP contribution is 2.25. The average Bonchev–Trinajstić information content (AvgIpc) is 1.75. The third kappa shape index (κ3) is 45.3. The lowest BCUT2D eigenvalue weighted by Gasteiger charge is -2.27. The number of rotatable bonds is 69. The lowest BCUT2D eigenvalue weighted by molar-refractivity contribution is -0.142. The molecule has 1 fully saturated rings. The monoisotopic (exact) mass is 1740 g/mol. The van der Waals surface area contributed by atoms with Crippen molar-refractivity contribution in [1.29, 1.82) is 0 Å². The molecule has 1 rings (SSSR count). The van der Waals surface area contributed by atoms with E-state index in [1.165, 1.54) is 23.7 Å². The number of carbonyl (C=O) groups excluding carboxylic acids is 15. The van der Waals surface area contributed by atoms with Gasteiger partial charge in [0.2, 0.25) is 47.3 Å². The van der Waals surface area contributed by atoms with Gasteiger partial charge in [0.25, 0.3) is 0 Å². The Labute approximate surface area is 700 Å². The molecule has 0 radical (unpaired) electrons. The minimum Gasteiger partial charge on any atom is -0.481 e. The number of aliphatic carboxylic acids is 9. The number of nitrogens with two attached hydrogens (primary N) is 1. The van der Waals surface area contributed by atoms with Gasteiger partial charge in [0.1, 0.15) is 18.4 Å². The zero-order chi connectivity index (χ0) is 91.9. The normalized spacial score (nSPS) is 15.4. The van der Waals surface area contributed by atoms with Gasteiger partial charge in [-0.15, -0.1) is 0 Å². The number of thioether (sulfide) groups is 1. The van der Waals surface area contributed by atoms with Gasteiger partial charge in [-0.3, -0.25) is 115 Å². The number of carboxylic acid groups (broad SMARTS) is 9. The lowest BCUT2D eigenvalue weighted by Crippen LogP contribution is -2.52. The number of Topliss-reactive ketones (excluding diaryl/α,β-unsaturated/α-hetero) is 7. The second-order valence-electron chi connectivity index (χ2n) is 30.0. The number of likely N-dealkylation sites (tertiary alicyclic amines) is 1. The Morgan fingerprint density at radius 2 is 0.727 bits per heavy atom. The highest BCUT2D eigenvalue weighted by atomic mass is 32.2. The standard InChI is InChI=1S/C77H115N9O34S/c1-40(2)32-51(55(88)19-20-61(94)80-52(39-121-5)57(90)33-41(3)72(114)79-4)85-77(119)53-8-6-30-86(53)62(95)38-120-31-7-9-54(87)47(15-26-68(106)107)81-74(116)43(11-22-64(98)99)35-58(91)49(17-28-70(110)111)83-76(118)45(13-24-66(102)103)37-60(93)50(18-29-71(112)113)84-75(117)44(12-23-65(100)101)36-59(92)48(16-27-69(108)109)82-73(115)42(10-21-63(96)97)34-56(89)46(78)14-25-67(104)105/h40-53H,6-39,78H2,1-5H3,(H,79,114)(H,80,94)(H,81,116)(H,82,115)(H,83,118)(H,84,117)(H,85,119)(H,96,97)(H,98,99)(H,100,101)(H,102,103)(H,104,105)(H,106,107)(H,108,109)(H,110,111)(H,112,113)/t41-,42+,43+,44+,45+,46-,47-,48-,49-,50-,51+,52+,53?/m1/s1. The molecule has 1 aliphatic heterocycles. The summed E-state index contributed by atoms with van der Waals surface area (Å²) in [5, 5.41) is 103. The number of carbonyl (C=O) groups is 24. The molecule has 1 saturated heterocycles. The van der Waals surface area contributed by atoms with E-state index in [2.05, 4.69) is 37.2 Å². The fourth-order valence-electron chi connectivity index (χ4n) is 12.9. The van der Waals surface area contributed by atoms with E-state index in [9.17, 15) is 156 Å². The van der Waals surface area contributed by atoms with Gasteiger partial charge in [-0.05, 0) is 95.6 Å². The Bertz CT molecular complexity index is 3700. The number of ketones is 7. The van der Waals surface area contributed by atoms with Gasteiger partial charge in [-0.2, -0.15) is 11.8 Å². The lowest BCUT2D eigenvalue weighted by atomic mass is 9.88. The minimum atomic E-state index is -2.00. The van der Waals surface area contributed by atoms with Crippen LogP contribution in [0, 0.1) is 35.5 Å². The molecule has 0 aromatic heterocycles. The molecule has 8 amide bonds. The highest BCUT2D eigenvalue weighted by Gasteiger charge is 2.40. The van der Waals surface area contributed by atoms with E-state index in [0.29, 0.717) is 6.42 Å². The SMILES string of the molecule is CNC(=O)[C@H](C)CC(=O)[C@H](CSC)NC(=O)CCC(=O)[C@H](CC(C)C)NC(=O)C1CCCN1C(=O)COCCCC(=O)[C@@H](CCC(=O)O)NC(=O)[C@@H](CCC(=O)O)CC(=O)[C@@H](CCC(=O)O)NC(=O)[C@@H](CCC(=O)O)CC(=O)[C@@H](CCC(=O)O)NC(=O)[C@@H](CCC(=O)O)CC(=O)[C@@H](CCC(=O)O)NC(=O)[C@@H](CCC(=O)O)CC(=O)[C@H](N)CCC(=O)O. The van der Waals surface area contributed by atoms with Crippen molar-refractivity contribution in [3.63, 3.8) is 0 Å². The molecule has 678 valence electrons. The van der Waals surface area contributed by atoms with E-state index in [0.717, 1.165) is 0 Å². The molecule has 0 aromatic rings. The molecular weight excluding hydrogens is 1630 g/mol. The van der Waals surface area contributed by atoms with Crippen molar-refractivity contribution >= 4 is 153 Å². The van der Waals surface area contributed by atoms with Gasteiger partial charge >= 0.3 is 53.7 Å². The van der Waals surface area contributed by atoms with E-state index in [1.54, 1.807) is 27.0 Å². The van der Waals surface area contributed by atoms with Gasteiger partial charge in [0.05, 0.1) is 42.3 Å². The van der Waals surface area contributed by atoms with Crippen LogP contribution in [-0.4, -0.2) is 279 Å². The Balaban J connectivity index is 3.51. The quantitative estimate of drug-likeness (QED) is 0.0350. The van der Waals surface area contributed by atoms with Crippen LogP contribution in [0.3, 0.4) is 0 Å². The summed E-state index contributed by atoms with van der Waals surface area (Å²) in [6.07, 6.45) is -16.6. The van der Waals surface area contributed by atoms with Crippen LogP contribution >= 0.6 is 11.8 Å². The molecule has 1 aliphatic rings. The first-order valence-electron chi connectivity index (χ1n) is 39.5. The van der Waals surface area contributed by atoms with Crippen LogP contribution in [0.25, 0.3) is 0 Å². The van der Waals surface area contributed by atoms with Crippen LogP contribution in [0.15, 0.2) is 0 Å². The largest absolute Gasteiger partial charge is 0.481 e. The van der Waals surface area contributed by atoms with Crippen LogP contribution in [0.2, 0.25) is 0 Å². The van der Waals surface area contributed by atoms with E-state index in [1.807, 2.05) is 0 Å². The maximum atomic E-state index is 14.4. The maximum Gasteiger partial charge on any atom is 0.303 e. The molecule has 0 aromatic carbocycles. The average molecular weight is 1740 g/mol. The fraction of sp³-hybridized carbons (Fsp3) is 0.688. The molecule has 0 saturated carbocycles. The van der Waals surface area contributed by atoms with Crippen molar-refractivity contribution < 1.29 is 166 Å². The van der Waals surface area contributed by atoms with Gasteiger partial charge in [-0.25, -0.2) is 0 Å². The summed E-state index contributed by atoms with van der Waals surface area (Å²) in [4.78, 5) is 313. The van der Waals surface area contributed by atoms with E-state index < -0.39 is 362 Å². The van der Waals surface area contributed by atoms with Crippen molar-refractivity contribution in [1.82, 2.24) is 42.1 Å². The highest BCUT2D eigenvalue weighted by molar-refractivity contribution is 7.98. The van der Waals surface area contributed by atoms with Crippen LogP contribution < -0.4 is 43.0 Å². The van der Waals surface area contributed by atoms with Gasteiger partial charge < -0.3 is 98.5 Å². The Morgan fingerprint density at radius 1 is 0.388 bits per heavy atom. The zero-order valence-electron chi connectivity index (χ0n) is 68.3. The van der Waals surface area contributed by atoms with Gasteiger partial charge in [-0.1, -0.05) is 20.8 Å². The van der Waals surface area contributed by atoms with E-state index in [4.69, 9.17) is 15.6 Å². The summed E-state index contributed by atoms with van der Waals surface area (Å²) in [5.74, 6) is -34.8. The van der Waals surface area contributed by atoms with Crippen molar-refractivity contribution in [2.45, 2.75) is 262 Å². The number of hydrogen-bond donors (Lipinski definition) is 17. The topological polar surface area (TPSA) is 714 Å². The maximum absolute atomic E-state index is 14.4. The first-order valence-corrected chi connectivity index (χ1v) is 40.9. The number of ether oxygens (including phenoxy) is 1. The molecular formula is C77H115N9O34S. The second-order valence-corrected chi connectivity index (χ2v) is 30.9. The van der Waals surface area contributed by atoms with Crippen LogP contribution in [0.1, 0.15) is 213 Å². The zero-order valence-corrected chi connectivity index (χ0v) is 69.1. The Morgan fingerprint density at radius 3 is 1.08 bits per heavy atom. The number of hydrogen-bond acceptors (Lipinski definition) is 27. The van der Waals surface area contributed by atoms with E-state index in [-0.39, 0.29) is 75.0 Å². The van der Waals surface area contributed by atoms with Crippen molar-refractivity contribution in [3.05, 3.63) is 0 Å². The Kier molecular flexibility index (Phi) is 51.1. The number of carboxylic acids is 9. The summed E-state index contributed by atoms with van der Waals surface area (Å²) >= 11 is 1.29. The number of nitrogens with one attached hydrogen (secondary N) is 7. The summed E-state index contributed by atoms with van der Waals surface area (Å²) in [6, 6.07) is -12.0.